The third kappa shape index (κ3) is 2.69. The van der Waals surface area contributed by atoms with E-state index in [-0.39, 0.29) is 0 Å². The Kier molecular flexibility index (Phi) is 3.80. The van der Waals surface area contributed by atoms with E-state index in [1.807, 2.05) is 65.9 Å². The van der Waals surface area contributed by atoms with Crippen molar-refractivity contribution in [3.8, 4) is 0 Å². The summed E-state index contributed by atoms with van der Waals surface area (Å²) in [6.45, 7) is 1.13. The number of amidine groups is 1. The number of carbonyl (C=O) groups is 1. The van der Waals surface area contributed by atoms with Crippen LogP contribution >= 0.6 is 0 Å². The molecular weight excluding hydrogens is 316 g/mol. The maximum atomic E-state index is 11.9. The van der Waals surface area contributed by atoms with Crippen LogP contribution in [0.1, 0.15) is 12.8 Å². The van der Waals surface area contributed by atoms with Crippen LogP contribution in [0.25, 0.3) is 0 Å². The molecule has 4 rings (SSSR count). The first-order chi connectivity index (χ1) is 12.2. The molecule has 3 heterocycles. The van der Waals surface area contributed by atoms with Crippen LogP contribution < -0.4 is 5.32 Å². The zero-order valence-electron chi connectivity index (χ0n) is 13.8. The van der Waals surface area contributed by atoms with Gasteiger partial charge in [0.15, 0.2) is 0 Å². The molecule has 1 saturated heterocycles. The van der Waals surface area contributed by atoms with E-state index in [2.05, 4.69) is 10.3 Å². The van der Waals surface area contributed by atoms with Crippen molar-refractivity contribution >= 4 is 17.6 Å². The number of likely N-dealkylation sites (tertiary alicyclic amines) is 1. The second-order valence-corrected chi connectivity index (χ2v) is 6.36. The molecule has 1 amide bonds. The van der Waals surface area contributed by atoms with E-state index in [9.17, 15) is 9.90 Å². The molecule has 0 saturated carbocycles. The largest absolute Gasteiger partial charge is 0.465 e. The van der Waals surface area contributed by atoms with Gasteiger partial charge in [0.1, 0.15) is 11.5 Å². The minimum Gasteiger partial charge on any atom is -0.465 e. The van der Waals surface area contributed by atoms with E-state index in [0.29, 0.717) is 13.1 Å². The van der Waals surface area contributed by atoms with Crippen LogP contribution in [-0.4, -0.2) is 45.6 Å². The molecule has 128 valence electrons. The fourth-order valence-electron chi connectivity index (χ4n) is 3.71. The second kappa shape index (κ2) is 6.12. The van der Waals surface area contributed by atoms with Crippen molar-refractivity contribution in [2.24, 2.45) is 4.99 Å². The first-order valence-corrected chi connectivity index (χ1v) is 8.42. The van der Waals surface area contributed by atoms with Gasteiger partial charge in [0, 0.05) is 30.2 Å². The molecule has 1 fully saturated rings. The Labute approximate surface area is 146 Å². The van der Waals surface area contributed by atoms with Gasteiger partial charge in [-0.25, -0.2) is 9.79 Å². The van der Waals surface area contributed by atoms with Crippen molar-refractivity contribution in [1.82, 2.24) is 9.80 Å². The lowest BCUT2D eigenvalue weighted by atomic mass is 9.94. The van der Waals surface area contributed by atoms with E-state index in [1.165, 1.54) is 4.90 Å². The summed E-state index contributed by atoms with van der Waals surface area (Å²) in [7, 11) is 0. The number of hydrogen-bond donors (Lipinski definition) is 2. The predicted molar refractivity (Wildman–Crippen MR) is 97.3 cm³/mol. The van der Waals surface area contributed by atoms with Gasteiger partial charge in [-0.15, -0.1) is 0 Å². The molecule has 0 aliphatic carbocycles. The SMILES string of the molecule is O=C(O)N1CCCC1(Nc1ccccc1)C1=CN=C2C=CC=CN2C1. The molecule has 0 bridgehead atoms. The van der Waals surface area contributed by atoms with Crippen LogP contribution in [0.3, 0.4) is 0 Å². The molecule has 1 atom stereocenters. The molecule has 1 unspecified atom stereocenters. The van der Waals surface area contributed by atoms with Crippen LogP contribution in [0, 0.1) is 0 Å². The van der Waals surface area contributed by atoms with Crippen molar-refractivity contribution in [1.29, 1.82) is 0 Å². The summed E-state index contributed by atoms with van der Waals surface area (Å²) in [5.41, 5.74) is 1.09. The number of para-hydroxylation sites is 1. The van der Waals surface area contributed by atoms with Crippen LogP contribution in [0.15, 0.2) is 71.5 Å². The summed E-state index contributed by atoms with van der Waals surface area (Å²) in [5.74, 6) is 0.876. The minimum atomic E-state index is -0.911. The van der Waals surface area contributed by atoms with E-state index in [4.69, 9.17) is 0 Å². The van der Waals surface area contributed by atoms with Gasteiger partial charge < -0.3 is 15.3 Å². The van der Waals surface area contributed by atoms with Gasteiger partial charge in [-0.2, -0.15) is 0 Å². The highest BCUT2D eigenvalue weighted by atomic mass is 16.4. The average molecular weight is 336 g/mol. The van der Waals surface area contributed by atoms with Gasteiger partial charge >= 0.3 is 6.09 Å². The van der Waals surface area contributed by atoms with Gasteiger partial charge in [-0.1, -0.05) is 24.3 Å². The lowest BCUT2D eigenvalue weighted by Crippen LogP contribution is -2.56. The predicted octanol–water partition coefficient (Wildman–Crippen LogP) is 3.25. The Morgan fingerprint density at radius 2 is 2.08 bits per heavy atom. The summed E-state index contributed by atoms with van der Waals surface area (Å²) in [5, 5.41) is 13.3. The number of carboxylic acid groups (broad SMARTS) is 1. The molecule has 2 N–H and O–H groups in total. The molecule has 0 aromatic heterocycles. The summed E-state index contributed by atoms with van der Waals surface area (Å²) >= 11 is 0. The Morgan fingerprint density at radius 1 is 1.24 bits per heavy atom. The number of allylic oxidation sites excluding steroid dienone is 2. The first-order valence-electron chi connectivity index (χ1n) is 8.42. The zero-order valence-corrected chi connectivity index (χ0v) is 13.8. The number of nitrogens with zero attached hydrogens (tertiary/aromatic N) is 3. The minimum absolute atomic E-state index is 0.513. The summed E-state index contributed by atoms with van der Waals surface area (Å²) in [6.07, 6.45) is 10.3. The number of anilines is 1. The Hall–Kier alpha value is -3.02. The quantitative estimate of drug-likeness (QED) is 0.889. The molecular formula is C19H20N4O2. The molecule has 0 spiro atoms. The molecule has 3 aliphatic rings. The Balaban J connectivity index is 1.75. The lowest BCUT2D eigenvalue weighted by molar-refractivity contribution is 0.123. The van der Waals surface area contributed by atoms with Gasteiger partial charge in [-0.05, 0) is 37.1 Å². The molecule has 0 radical (unpaired) electrons. The monoisotopic (exact) mass is 336 g/mol. The Morgan fingerprint density at radius 3 is 2.88 bits per heavy atom. The summed E-state index contributed by atoms with van der Waals surface area (Å²) in [4.78, 5) is 20.0. The van der Waals surface area contributed by atoms with Crippen molar-refractivity contribution in [3.05, 3.63) is 66.5 Å². The molecule has 1 aromatic carbocycles. The van der Waals surface area contributed by atoms with Gasteiger partial charge in [0.2, 0.25) is 0 Å². The number of benzene rings is 1. The second-order valence-electron chi connectivity index (χ2n) is 6.36. The number of hydrogen-bond acceptors (Lipinski definition) is 4. The van der Waals surface area contributed by atoms with Crippen molar-refractivity contribution in [3.63, 3.8) is 0 Å². The van der Waals surface area contributed by atoms with Crippen LogP contribution in [0.5, 0.6) is 0 Å². The van der Waals surface area contributed by atoms with Crippen LogP contribution in [-0.2, 0) is 0 Å². The molecule has 6 nitrogen and oxygen atoms in total. The lowest BCUT2D eigenvalue weighted by Gasteiger charge is -2.42. The summed E-state index contributed by atoms with van der Waals surface area (Å²) < 4.78 is 0. The average Bonchev–Trinajstić information content (AvgIpc) is 3.07. The van der Waals surface area contributed by atoms with Crippen LogP contribution in [0.4, 0.5) is 10.5 Å². The number of rotatable bonds is 3. The van der Waals surface area contributed by atoms with Gasteiger partial charge in [0.05, 0.1) is 6.54 Å². The molecule has 1 aromatic rings. The van der Waals surface area contributed by atoms with Crippen molar-refractivity contribution in [2.75, 3.05) is 18.4 Å². The highest BCUT2D eigenvalue weighted by molar-refractivity contribution is 5.96. The first kappa shape index (κ1) is 15.5. The van der Waals surface area contributed by atoms with Gasteiger partial charge in [0.25, 0.3) is 0 Å². The standard InChI is InChI=1S/C19H20N4O2/c24-18(25)23-12-6-10-19(23,21-16-7-2-1-3-8-16)15-13-20-17-9-4-5-11-22(17)14-15/h1-5,7-9,11,13,21H,6,10,12,14H2,(H,24,25). The fraction of sp³-hybridized carbons (Fsp3) is 0.263. The Bertz CT molecular complexity index is 797. The third-order valence-corrected chi connectivity index (χ3v) is 4.88. The number of aliphatic imine (C=N–C) groups is 1. The van der Waals surface area contributed by atoms with E-state index < -0.39 is 11.8 Å². The molecule has 25 heavy (non-hydrogen) atoms. The third-order valence-electron chi connectivity index (χ3n) is 4.88. The maximum absolute atomic E-state index is 11.9. The zero-order chi connectivity index (χ0) is 17.3. The van der Waals surface area contributed by atoms with E-state index in [0.717, 1.165) is 29.9 Å². The van der Waals surface area contributed by atoms with Crippen LogP contribution in [0.2, 0.25) is 0 Å². The van der Waals surface area contributed by atoms with Gasteiger partial charge in [-0.3, -0.25) is 4.90 Å². The number of fused-ring (bicyclic) bond motifs is 1. The maximum Gasteiger partial charge on any atom is 0.409 e. The molecule has 3 aliphatic heterocycles. The number of amides is 1. The fourth-order valence-corrected chi connectivity index (χ4v) is 3.71. The normalized spacial score (nSPS) is 24.6. The highest BCUT2D eigenvalue weighted by Gasteiger charge is 2.48. The number of nitrogens with one attached hydrogen (secondary N) is 1. The van der Waals surface area contributed by atoms with Crippen molar-refractivity contribution in [2.45, 2.75) is 18.5 Å². The van der Waals surface area contributed by atoms with Crippen molar-refractivity contribution < 1.29 is 9.90 Å². The van der Waals surface area contributed by atoms with E-state index >= 15 is 0 Å². The topological polar surface area (TPSA) is 68.2 Å². The molecule has 6 heteroatoms. The summed E-state index contributed by atoms with van der Waals surface area (Å²) in [6, 6.07) is 9.76. The van der Waals surface area contributed by atoms with E-state index in [1.54, 1.807) is 0 Å². The highest BCUT2D eigenvalue weighted by Crippen LogP contribution is 2.38. The smallest absolute Gasteiger partial charge is 0.409 e.